The molecule has 2 rings (SSSR count). The molecule has 0 aromatic heterocycles. The average molecular weight is 248 g/mol. The molecule has 1 N–H and O–H groups in total. The van der Waals surface area contributed by atoms with Crippen molar-refractivity contribution in [1.29, 1.82) is 0 Å². The molecule has 1 heterocycles. The van der Waals surface area contributed by atoms with Crippen LogP contribution in [0.1, 0.15) is 12.0 Å². The minimum atomic E-state index is 0.110. The fourth-order valence-corrected chi connectivity index (χ4v) is 2.07. The second-order valence-corrected chi connectivity index (χ2v) is 4.77. The first-order chi connectivity index (χ1) is 8.66. The van der Waals surface area contributed by atoms with E-state index in [2.05, 4.69) is 17.4 Å². The van der Waals surface area contributed by atoms with Crippen LogP contribution in [0.4, 0.5) is 5.69 Å². The third-order valence-electron chi connectivity index (χ3n) is 3.15. The summed E-state index contributed by atoms with van der Waals surface area (Å²) in [6, 6.07) is 8.27. The Kier molecular flexibility index (Phi) is 4.20. The van der Waals surface area contributed by atoms with Crippen LogP contribution in [0.25, 0.3) is 0 Å². The summed E-state index contributed by atoms with van der Waals surface area (Å²) in [6.45, 7) is 1.30. The van der Waals surface area contributed by atoms with Gasteiger partial charge < -0.3 is 15.0 Å². The SMILES string of the molecule is CN(C)C(=O)CCOC1CNc2ccccc2C1. The van der Waals surface area contributed by atoms with Crippen molar-refractivity contribution in [3.63, 3.8) is 0 Å². The van der Waals surface area contributed by atoms with Crippen LogP contribution in [-0.4, -0.2) is 44.2 Å². The lowest BCUT2D eigenvalue weighted by Crippen LogP contribution is -2.32. The van der Waals surface area contributed by atoms with Gasteiger partial charge in [0.25, 0.3) is 0 Å². The Labute approximate surface area is 108 Å². The zero-order valence-electron chi connectivity index (χ0n) is 11.0. The summed E-state index contributed by atoms with van der Waals surface area (Å²) < 4.78 is 5.75. The van der Waals surface area contributed by atoms with Gasteiger partial charge in [0.15, 0.2) is 0 Å². The highest BCUT2D eigenvalue weighted by molar-refractivity contribution is 5.75. The summed E-state index contributed by atoms with van der Waals surface area (Å²) in [5.41, 5.74) is 2.48. The first-order valence-electron chi connectivity index (χ1n) is 6.30. The van der Waals surface area contributed by atoms with Gasteiger partial charge in [-0.1, -0.05) is 18.2 Å². The standard InChI is InChI=1S/C14H20N2O2/c1-16(2)14(17)7-8-18-12-9-11-5-3-4-6-13(11)15-10-12/h3-6,12,15H,7-10H2,1-2H3. The summed E-state index contributed by atoms with van der Waals surface area (Å²) in [5.74, 6) is 0.110. The molecule has 0 radical (unpaired) electrons. The van der Waals surface area contributed by atoms with Crippen LogP contribution < -0.4 is 5.32 Å². The molecule has 4 heteroatoms. The monoisotopic (exact) mass is 248 g/mol. The van der Waals surface area contributed by atoms with Crippen LogP contribution in [0.3, 0.4) is 0 Å². The highest BCUT2D eigenvalue weighted by Crippen LogP contribution is 2.22. The summed E-state index contributed by atoms with van der Waals surface area (Å²) in [7, 11) is 3.53. The number of benzene rings is 1. The molecule has 1 unspecified atom stereocenters. The molecule has 0 fully saturated rings. The number of anilines is 1. The Hall–Kier alpha value is -1.55. The van der Waals surface area contributed by atoms with Crippen LogP contribution in [0.5, 0.6) is 0 Å². The average Bonchev–Trinajstić information content (AvgIpc) is 2.38. The number of hydrogen-bond donors (Lipinski definition) is 1. The zero-order valence-corrected chi connectivity index (χ0v) is 11.0. The largest absolute Gasteiger partial charge is 0.382 e. The van der Waals surface area contributed by atoms with Gasteiger partial charge in [-0.05, 0) is 11.6 Å². The number of para-hydroxylation sites is 1. The molecule has 1 amide bonds. The van der Waals surface area contributed by atoms with Crippen LogP contribution in [0, 0.1) is 0 Å². The summed E-state index contributed by atoms with van der Waals surface area (Å²) in [4.78, 5) is 13.0. The molecule has 0 aliphatic carbocycles. The van der Waals surface area contributed by atoms with E-state index in [1.807, 2.05) is 12.1 Å². The van der Waals surface area contributed by atoms with Crippen molar-refractivity contribution in [1.82, 2.24) is 4.90 Å². The predicted octanol–water partition coefficient (Wildman–Crippen LogP) is 1.52. The van der Waals surface area contributed by atoms with Crippen molar-refractivity contribution in [3.8, 4) is 0 Å². The second kappa shape index (κ2) is 5.87. The maximum atomic E-state index is 11.4. The van der Waals surface area contributed by atoms with Gasteiger partial charge in [0, 0.05) is 32.7 Å². The van der Waals surface area contributed by atoms with E-state index < -0.39 is 0 Å². The van der Waals surface area contributed by atoms with Gasteiger partial charge in [-0.3, -0.25) is 4.79 Å². The molecule has 1 aromatic carbocycles. The van der Waals surface area contributed by atoms with Crippen molar-refractivity contribution in [3.05, 3.63) is 29.8 Å². The van der Waals surface area contributed by atoms with Crippen molar-refractivity contribution >= 4 is 11.6 Å². The first kappa shape index (κ1) is 12.9. The van der Waals surface area contributed by atoms with Crippen molar-refractivity contribution in [2.24, 2.45) is 0 Å². The minimum Gasteiger partial charge on any atom is -0.382 e. The number of amides is 1. The number of nitrogens with one attached hydrogen (secondary N) is 1. The van der Waals surface area contributed by atoms with Gasteiger partial charge in [0.1, 0.15) is 0 Å². The van der Waals surface area contributed by atoms with Gasteiger partial charge >= 0.3 is 0 Å². The predicted molar refractivity (Wildman–Crippen MR) is 71.7 cm³/mol. The second-order valence-electron chi connectivity index (χ2n) is 4.77. The van der Waals surface area contributed by atoms with Crippen LogP contribution >= 0.6 is 0 Å². The Balaban J connectivity index is 1.78. The highest BCUT2D eigenvalue weighted by Gasteiger charge is 2.18. The smallest absolute Gasteiger partial charge is 0.224 e. The molecule has 0 saturated carbocycles. The lowest BCUT2D eigenvalue weighted by atomic mass is 10.0. The number of ether oxygens (including phenoxy) is 1. The number of rotatable bonds is 4. The fraction of sp³-hybridized carbons (Fsp3) is 0.500. The first-order valence-corrected chi connectivity index (χ1v) is 6.30. The van der Waals surface area contributed by atoms with E-state index in [9.17, 15) is 4.79 Å². The number of carbonyl (C=O) groups excluding carboxylic acids is 1. The third-order valence-corrected chi connectivity index (χ3v) is 3.15. The molecule has 1 atom stereocenters. The molecular formula is C14H20N2O2. The van der Waals surface area contributed by atoms with Crippen LogP contribution in [-0.2, 0) is 16.0 Å². The third kappa shape index (κ3) is 3.23. The molecule has 1 aliphatic heterocycles. The van der Waals surface area contributed by atoms with Crippen molar-refractivity contribution in [2.45, 2.75) is 18.9 Å². The molecular weight excluding hydrogens is 228 g/mol. The number of carbonyl (C=O) groups is 1. The molecule has 98 valence electrons. The highest BCUT2D eigenvalue weighted by atomic mass is 16.5. The van der Waals surface area contributed by atoms with Gasteiger partial charge in [0.2, 0.25) is 5.91 Å². The van der Waals surface area contributed by atoms with Gasteiger partial charge in [-0.15, -0.1) is 0 Å². The summed E-state index contributed by atoms with van der Waals surface area (Å²) in [6.07, 6.45) is 1.53. The van der Waals surface area contributed by atoms with E-state index in [0.29, 0.717) is 13.0 Å². The lowest BCUT2D eigenvalue weighted by molar-refractivity contribution is -0.130. The number of fused-ring (bicyclic) bond motifs is 1. The van der Waals surface area contributed by atoms with E-state index in [1.165, 1.54) is 11.3 Å². The Bertz CT molecular complexity index is 418. The molecule has 0 spiro atoms. The lowest BCUT2D eigenvalue weighted by Gasteiger charge is -2.26. The topological polar surface area (TPSA) is 41.6 Å². The maximum Gasteiger partial charge on any atom is 0.224 e. The fourth-order valence-electron chi connectivity index (χ4n) is 2.07. The molecule has 4 nitrogen and oxygen atoms in total. The minimum absolute atomic E-state index is 0.110. The van der Waals surface area contributed by atoms with Gasteiger partial charge in [0.05, 0.1) is 19.1 Å². The molecule has 0 saturated heterocycles. The Morgan fingerprint density at radius 2 is 2.22 bits per heavy atom. The van der Waals surface area contributed by atoms with Crippen molar-refractivity contribution in [2.75, 3.05) is 32.6 Å². The van der Waals surface area contributed by atoms with E-state index in [0.717, 1.165) is 13.0 Å². The van der Waals surface area contributed by atoms with Crippen molar-refractivity contribution < 1.29 is 9.53 Å². The summed E-state index contributed by atoms with van der Waals surface area (Å²) >= 11 is 0. The molecule has 0 bridgehead atoms. The molecule has 1 aliphatic rings. The van der Waals surface area contributed by atoms with Crippen LogP contribution in [0.15, 0.2) is 24.3 Å². The number of hydrogen-bond acceptors (Lipinski definition) is 3. The quantitative estimate of drug-likeness (QED) is 0.878. The Morgan fingerprint density at radius 3 is 3.00 bits per heavy atom. The van der Waals surface area contributed by atoms with E-state index in [4.69, 9.17) is 4.74 Å². The van der Waals surface area contributed by atoms with E-state index in [-0.39, 0.29) is 12.0 Å². The van der Waals surface area contributed by atoms with E-state index in [1.54, 1.807) is 19.0 Å². The van der Waals surface area contributed by atoms with E-state index >= 15 is 0 Å². The Morgan fingerprint density at radius 1 is 1.44 bits per heavy atom. The van der Waals surface area contributed by atoms with Crippen LogP contribution in [0.2, 0.25) is 0 Å². The molecule has 18 heavy (non-hydrogen) atoms. The normalized spacial score (nSPS) is 17.8. The van der Waals surface area contributed by atoms with Gasteiger partial charge in [-0.25, -0.2) is 0 Å². The maximum absolute atomic E-state index is 11.4. The number of nitrogens with zero attached hydrogens (tertiary/aromatic N) is 1. The summed E-state index contributed by atoms with van der Waals surface area (Å²) in [5, 5.41) is 3.35. The molecule has 1 aromatic rings. The van der Waals surface area contributed by atoms with Gasteiger partial charge in [-0.2, -0.15) is 0 Å². The zero-order chi connectivity index (χ0) is 13.0.